The maximum absolute atomic E-state index is 12.4. The molecule has 1 aromatic carbocycles. The Morgan fingerprint density at radius 3 is 2.67 bits per heavy atom. The van der Waals surface area contributed by atoms with E-state index in [2.05, 4.69) is 22.0 Å². The molecule has 1 aliphatic heterocycles. The minimum atomic E-state index is -0.507. The van der Waals surface area contributed by atoms with Gasteiger partial charge in [0.25, 0.3) is 0 Å². The Morgan fingerprint density at radius 1 is 1.19 bits per heavy atom. The van der Waals surface area contributed by atoms with Gasteiger partial charge in [-0.15, -0.1) is 5.10 Å². The lowest BCUT2D eigenvalue weighted by molar-refractivity contribution is 0.0258. The second-order valence-electron chi connectivity index (χ2n) is 7.39. The first-order valence-corrected chi connectivity index (χ1v) is 9.29. The molecule has 1 amide bonds. The van der Waals surface area contributed by atoms with Gasteiger partial charge in [0.15, 0.2) is 0 Å². The molecule has 0 aliphatic carbocycles. The predicted molar refractivity (Wildman–Crippen MR) is 105 cm³/mol. The van der Waals surface area contributed by atoms with E-state index in [9.17, 15) is 4.79 Å². The summed E-state index contributed by atoms with van der Waals surface area (Å²) in [5.41, 5.74) is 3.13. The number of hydrogen-bond acceptors (Lipinski definition) is 4. The van der Waals surface area contributed by atoms with Gasteiger partial charge in [0.1, 0.15) is 11.3 Å². The average molecular weight is 384 g/mol. The number of halogens is 1. The summed E-state index contributed by atoms with van der Waals surface area (Å²) in [6.45, 7) is 6.80. The van der Waals surface area contributed by atoms with E-state index in [0.717, 1.165) is 23.1 Å². The maximum Gasteiger partial charge on any atom is 0.410 e. The molecule has 6 heteroatoms. The van der Waals surface area contributed by atoms with Crippen LogP contribution in [0.2, 0.25) is 5.02 Å². The van der Waals surface area contributed by atoms with Crippen LogP contribution in [0.5, 0.6) is 0 Å². The molecule has 0 unspecified atom stereocenters. The fraction of sp³-hybridized carbons (Fsp3) is 0.381. The largest absolute Gasteiger partial charge is 0.444 e. The van der Waals surface area contributed by atoms with Crippen LogP contribution in [0.1, 0.15) is 43.2 Å². The van der Waals surface area contributed by atoms with E-state index in [-0.39, 0.29) is 6.09 Å². The number of ether oxygens (including phenoxy) is 1. The molecule has 0 bridgehead atoms. The summed E-state index contributed by atoms with van der Waals surface area (Å²) in [7, 11) is 0. The Kier molecular flexibility index (Phi) is 5.67. The van der Waals surface area contributed by atoms with E-state index in [1.165, 1.54) is 0 Å². The summed E-state index contributed by atoms with van der Waals surface area (Å²) in [5, 5.41) is 8.43. The number of carbonyl (C=O) groups is 1. The van der Waals surface area contributed by atoms with Gasteiger partial charge >= 0.3 is 6.09 Å². The zero-order valence-electron chi connectivity index (χ0n) is 15.8. The van der Waals surface area contributed by atoms with Crippen molar-refractivity contribution in [3.05, 3.63) is 57.9 Å². The topological polar surface area (TPSA) is 55.3 Å². The molecule has 0 radical (unpaired) electrons. The van der Waals surface area contributed by atoms with Gasteiger partial charge in [0, 0.05) is 24.8 Å². The van der Waals surface area contributed by atoms with Crippen LogP contribution in [0.25, 0.3) is 0 Å². The van der Waals surface area contributed by atoms with Gasteiger partial charge < -0.3 is 9.64 Å². The first-order valence-electron chi connectivity index (χ1n) is 8.91. The molecule has 0 spiro atoms. The summed E-state index contributed by atoms with van der Waals surface area (Å²) in [6, 6.07) is 7.48. The first kappa shape index (κ1) is 19.2. The monoisotopic (exact) mass is 383 g/mol. The quantitative estimate of drug-likeness (QED) is 0.648. The molecule has 3 rings (SSSR count). The molecule has 0 atom stereocenters. The predicted octanol–water partition coefficient (Wildman–Crippen LogP) is 3.87. The summed E-state index contributed by atoms with van der Waals surface area (Å²) in [5.74, 6) is 6.17. The molecule has 1 aromatic heterocycles. The summed E-state index contributed by atoms with van der Waals surface area (Å²) < 4.78 is 5.51. The highest BCUT2D eigenvalue weighted by atomic mass is 35.5. The molecule has 5 nitrogen and oxygen atoms in total. The third-order valence-corrected chi connectivity index (χ3v) is 4.50. The van der Waals surface area contributed by atoms with Crippen LogP contribution in [0.15, 0.2) is 30.5 Å². The van der Waals surface area contributed by atoms with Crippen LogP contribution >= 0.6 is 11.6 Å². The Bertz CT molecular complexity index is 895. The van der Waals surface area contributed by atoms with Gasteiger partial charge in [-0.1, -0.05) is 23.6 Å². The van der Waals surface area contributed by atoms with Crippen molar-refractivity contribution in [2.75, 3.05) is 13.1 Å². The van der Waals surface area contributed by atoms with Crippen molar-refractivity contribution in [3.63, 3.8) is 0 Å². The van der Waals surface area contributed by atoms with Crippen molar-refractivity contribution in [1.29, 1.82) is 0 Å². The second-order valence-corrected chi connectivity index (χ2v) is 7.79. The molecule has 2 aromatic rings. The van der Waals surface area contributed by atoms with Crippen LogP contribution in [0.4, 0.5) is 4.79 Å². The Hall–Kier alpha value is -2.58. The Morgan fingerprint density at radius 2 is 1.96 bits per heavy atom. The Labute approximate surface area is 164 Å². The minimum Gasteiger partial charge on any atom is -0.444 e. The van der Waals surface area contributed by atoms with Crippen molar-refractivity contribution in [3.8, 4) is 11.8 Å². The highest BCUT2D eigenvalue weighted by Crippen LogP contribution is 2.26. The zero-order valence-corrected chi connectivity index (χ0v) is 16.5. The average Bonchev–Trinajstić information content (AvgIpc) is 2.83. The van der Waals surface area contributed by atoms with Gasteiger partial charge in [-0.25, -0.2) is 4.79 Å². The normalized spacial score (nSPS) is 13.9. The number of nitrogens with zero attached hydrogens (tertiary/aromatic N) is 3. The molecular formula is C21H22ClN3O2. The molecular weight excluding hydrogens is 362 g/mol. The number of hydrogen-bond donors (Lipinski definition) is 0. The molecule has 0 saturated carbocycles. The van der Waals surface area contributed by atoms with Crippen LogP contribution in [-0.2, 0) is 17.6 Å². The number of amides is 1. The van der Waals surface area contributed by atoms with E-state index in [1.807, 2.05) is 32.9 Å². The number of carbonyl (C=O) groups excluding carboxylic acids is 1. The Balaban J connectivity index is 1.85. The van der Waals surface area contributed by atoms with Crippen molar-refractivity contribution in [2.24, 2.45) is 0 Å². The van der Waals surface area contributed by atoms with Crippen molar-refractivity contribution < 1.29 is 9.53 Å². The lowest BCUT2D eigenvalue weighted by Gasteiger charge is -2.26. The smallest absolute Gasteiger partial charge is 0.410 e. The third-order valence-electron chi connectivity index (χ3n) is 4.18. The SMILES string of the molecule is CC(C)(C)OC(=O)N1CCc2ccc(Cl)c(C#Cc3cccnn3)c2CC1. The van der Waals surface area contributed by atoms with Crippen LogP contribution in [-0.4, -0.2) is 39.9 Å². The summed E-state index contributed by atoms with van der Waals surface area (Å²) >= 11 is 6.42. The lowest BCUT2D eigenvalue weighted by atomic mass is 9.97. The highest BCUT2D eigenvalue weighted by molar-refractivity contribution is 6.31. The first-order chi connectivity index (χ1) is 12.8. The van der Waals surface area contributed by atoms with E-state index in [0.29, 0.717) is 30.2 Å². The number of aromatic nitrogens is 2. The van der Waals surface area contributed by atoms with Crippen molar-refractivity contribution in [1.82, 2.24) is 15.1 Å². The number of rotatable bonds is 0. The van der Waals surface area contributed by atoms with E-state index in [1.54, 1.807) is 23.2 Å². The summed E-state index contributed by atoms with van der Waals surface area (Å²) in [6.07, 6.45) is 2.75. The molecule has 1 aliphatic rings. The second kappa shape index (κ2) is 7.98. The van der Waals surface area contributed by atoms with Crippen LogP contribution in [0, 0.1) is 11.8 Å². The van der Waals surface area contributed by atoms with Crippen molar-refractivity contribution >= 4 is 17.7 Å². The minimum absolute atomic E-state index is 0.284. The van der Waals surface area contributed by atoms with Gasteiger partial charge in [-0.2, -0.15) is 5.10 Å². The van der Waals surface area contributed by atoms with Gasteiger partial charge in [0.2, 0.25) is 0 Å². The van der Waals surface area contributed by atoms with E-state index in [4.69, 9.17) is 16.3 Å². The van der Waals surface area contributed by atoms with Crippen LogP contribution < -0.4 is 0 Å². The van der Waals surface area contributed by atoms with Gasteiger partial charge in [-0.05, 0) is 68.9 Å². The van der Waals surface area contributed by atoms with E-state index >= 15 is 0 Å². The number of fused-ring (bicyclic) bond motifs is 1. The molecule has 140 valence electrons. The third kappa shape index (κ3) is 4.99. The van der Waals surface area contributed by atoms with Crippen molar-refractivity contribution in [2.45, 2.75) is 39.2 Å². The fourth-order valence-electron chi connectivity index (χ4n) is 2.94. The molecule has 27 heavy (non-hydrogen) atoms. The number of benzene rings is 1. The maximum atomic E-state index is 12.4. The lowest BCUT2D eigenvalue weighted by Crippen LogP contribution is -2.38. The van der Waals surface area contributed by atoms with Gasteiger partial charge in [0.05, 0.1) is 5.02 Å². The zero-order chi connectivity index (χ0) is 19.4. The molecule has 0 N–H and O–H groups in total. The molecule has 0 fully saturated rings. The molecule has 2 heterocycles. The van der Waals surface area contributed by atoms with E-state index < -0.39 is 5.60 Å². The molecule has 0 saturated heterocycles. The van der Waals surface area contributed by atoms with Crippen LogP contribution in [0.3, 0.4) is 0 Å². The highest BCUT2D eigenvalue weighted by Gasteiger charge is 2.25. The fourth-order valence-corrected chi connectivity index (χ4v) is 3.16. The standard InChI is InChI=1S/C21H22ClN3O2/c1-21(2,3)27-20(26)25-13-10-15-6-9-19(22)18(17(15)11-14-25)8-7-16-5-4-12-23-24-16/h4-6,9,12H,10-11,13-14H2,1-3H3. The van der Waals surface area contributed by atoms with Gasteiger partial charge in [-0.3, -0.25) is 0 Å². The summed E-state index contributed by atoms with van der Waals surface area (Å²) in [4.78, 5) is 14.2.